The zero-order valence-electron chi connectivity index (χ0n) is 24.6. The van der Waals surface area contributed by atoms with Gasteiger partial charge in [-0.05, 0) is 58.9 Å². The molecule has 4 nitrogen and oxygen atoms in total. The van der Waals surface area contributed by atoms with Gasteiger partial charge in [0.1, 0.15) is 24.7 Å². The first-order valence-corrected chi connectivity index (χ1v) is 15.0. The van der Waals surface area contributed by atoms with E-state index < -0.39 is 0 Å². The Labute approximate surface area is 245 Å². The van der Waals surface area contributed by atoms with Crippen molar-refractivity contribution in [1.82, 2.24) is 0 Å². The van der Waals surface area contributed by atoms with Gasteiger partial charge in [-0.2, -0.15) is 0 Å². The lowest BCUT2D eigenvalue weighted by atomic mass is 9.90. The Kier molecular flexibility index (Phi) is 12.3. The Morgan fingerprint density at radius 3 is 1.88 bits per heavy atom. The molecule has 1 N–H and O–H groups in total. The molecule has 0 unspecified atom stereocenters. The van der Waals surface area contributed by atoms with Gasteiger partial charge < -0.3 is 19.3 Å². The van der Waals surface area contributed by atoms with Crippen molar-refractivity contribution in [2.75, 3.05) is 33.5 Å². The zero-order valence-corrected chi connectivity index (χ0v) is 24.6. The van der Waals surface area contributed by atoms with Crippen LogP contribution in [-0.2, 0) is 11.2 Å². The van der Waals surface area contributed by atoms with Crippen molar-refractivity contribution < 1.29 is 19.3 Å². The predicted molar refractivity (Wildman–Crippen MR) is 170 cm³/mol. The highest BCUT2D eigenvalue weighted by molar-refractivity contribution is 5.82. The zero-order chi connectivity index (χ0) is 28.7. The molecule has 4 rings (SSSR count). The molecule has 0 aliphatic heterocycles. The molecule has 216 valence electrons. The maximum atomic E-state index is 9.52. The van der Waals surface area contributed by atoms with Crippen molar-refractivity contribution in [2.24, 2.45) is 0 Å². The number of hydrogen-bond donors (Lipinski definition) is 1. The Hall–Kier alpha value is -3.60. The fourth-order valence-corrected chi connectivity index (χ4v) is 5.21. The number of hydrogen-bond acceptors (Lipinski definition) is 4. The highest BCUT2D eigenvalue weighted by Crippen LogP contribution is 2.41. The lowest BCUT2D eigenvalue weighted by Gasteiger charge is -2.19. The summed E-state index contributed by atoms with van der Waals surface area (Å²) in [7, 11) is 1.69. The highest BCUT2D eigenvalue weighted by Gasteiger charge is 2.17. The summed E-state index contributed by atoms with van der Waals surface area (Å²) >= 11 is 0. The molecular formula is C37H44O4. The average molecular weight is 553 g/mol. The molecule has 4 aromatic carbocycles. The van der Waals surface area contributed by atoms with Crippen LogP contribution < -0.4 is 9.47 Å². The number of aliphatic hydroxyl groups is 1. The van der Waals surface area contributed by atoms with E-state index in [1.165, 1.54) is 37.7 Å². The minimum atomic E-state index is -0.0367. The Balaban J connectivity index is 1.78. The van der Waals surface area contributed by atoms with Gasteiger partial charge in [0.05, 0.1) is 13.2 Å². The molecule has 0 atom stereocenters. The summed E-state index contributed by atoms with van der Waals surface area (Å²) in [6.07, 6.45) is 8.51. The van der Waals surface area contributed by atoms with E-state index in [1.54, 1.807) is 7.11 Å². The number of rotatable bonds is 17. The van der Waals surface area contributed by atoms with Crippen molar-refractivity contribution in [3.63, 3.8) is 0 Å². The Bertz CT molecular complexity index is 1320. The molecule has 0 heterocycles. The van der Waals surface area contributed by atoms with Crippen molar-refractivity contribution >= 4 is 0 Å². The van der Waals surface area contributed by atoms with Gasteiger partial charge in [0.2, 0.25) is 0 Å². The van der Waals surface area contributed by atoms with Gasteiger partial charge in [-0.25, -0.2) is 0 Å². The van der Waals surface area contributed by atoms with E-state index in [0.717, 1.165) is 57.7 Å². The quantitative estimate of drug-likeness (QED) is 0.133. The summed E-state index contributed by atoms with van der Waals surface area (Å²) in [6.45, 7) is 3.46. The molecule has 0 saturated heterocycles. The third kappa shape index (κ3) is 8.69. The van der Waals surface area contributed by atoms with E-state index in [1.807, 2.05) is 24.3 Å². The van der Waals surface area contributed by atoms with E-state index in [9.17, 15) is 5.11 Å². The standard InChI is InChI=1S/C37H44O4/c1-3-4-5-6-7-10-19-31-26-35(30-17-13-9-14-18-30)37(41-25-24-39-2)28-34(31)32-20-21-33(29-15-11-8-12-16-29)36(27-32)40-23-22-38/h8-9,11-18,20-21,26-28,38H,3-7,10,19,22-25H2,1-2H3. The third-order valence-electron chi connectivity index (χ3n) is 7.36. The fraction of sp³-hybridized carbons (Fsp3) is 0.351. The molecule has 0 aliphatic carbocycles. The number of ether oxygens (including phenoxy) is 3. The molecule has 0 fully saturated rings. The van der Waals surface area contributed by atoms with Crippen LogP contribution >= 0.6 is 0 Å². The number of aliphatic hydroxyl groups excluding tert-OH is 1. The summed E-state index contributed by atoms with van der Waals surface area (Å²) < 4.78 is 17.7. The van der Waals surface area contributed by atoms with Gasteiger partial charge in [-0.1, -0.05) is 112 Å². The van der Waals surface area contributed by atoms with Crippen LogP contribution in [-0.4, -0.2) is 38.6 Å². The van der Waals surface area contributed by atoms with Crippen LogP contribution in [0, 0.1) is 0 Å². The van der Waals surface area contributed by atoms with E-state index in [0.29, 0.717) is 13.2 Å². The number of aryl methyl sites for hydroxylation is 1. The molecule has 4 heteroatoms. The molecule has 0 saturated carbocycles. The first-order chi connectivity index (χ1) is 20.2. The topological polar surface area (TPSA) is 47.9 Å². The summed E-state index contributed by atoms with van der Waals surface area (Å²) in [5, 5.41) is 9.52. The Morgan fingerprint density at radius 2 is 1.20 bits per heavy atom. The molecule has 0 amide bonds. The fourth-order valence-electron chi connectivity index (χ4n) is 5.21. The van der Waals surface area contributed by atoms with Crippen LogP contribution in [0.5, 0.6) is 11.5 Å². The monoisotopic (exact) mass is 552 g/mol. The van der Waals surface area contributed by atoms with Crippen LogP contribution in [0.1, 0.15) is 51.0 Å². The van der Waals surface area contributed by atoms with Crippen LogP contribution in [0.2, 0.25) is 0 Å². The maximum absolute atomic E-state index is 9.52. The van der Waals surface area contributed by atoms with Gasteiger partial charge in [-0.3, -0.25) is 0 Å². The second-order valence-corrected chi connectivity index (χ2v) is 10.4. The lowest BCUT2D eigenvalue weighted by Crippen LogP contribution is -2.06. The van der Waals surface area contributed by atoms with E-state index in [-0.39, 0.29) is 13.2 Å². The van der Waals surface area contributed by atoms with Crippen LogP contribution in [0.3, 0.4) is 0 Å². The highest BCUT2D eigenvalue weighted by atomic mass is 16.5. The van der Waals surface area contributed by atoms with E-state index in [2.05, 4.69) is 73.7 Å². The van der Waals surface area contributed by atoms with Crippen LogP contribution in [0.4, 0.5) is 0 Å². The molecule has 4 aromatic rings. The number of benzene rings is 4. The normalized spacial score (nSPS) is 11.0. The predicted octanol–water partition coefficient (Wildman–Crippen LogP) is 8.99. The number of methoxy groups -OCH3 is 1. The second-order valence-electron chi connectivity index (χ2n) is 10.4. The van der Waals surface area contributed by atoms with Crippen LogP contribution in [0.25, 0.3) is 33.4 Å². The SMILES string of the molecule is CCCCCCCCc1cc(-c2ccccc2)c(OCCOC)cc1-c1ccc(-c2ccccc2)c(OCCO)c1. The summed E-state index contributed by atoms with van der Waals surface area (Å²) in [5.74, 6) is 1.61. The number of unbranched alkanes of at least 4 members (excludes halogenated alkanes) is 5. The Morgan fingerprint density at radius 1 is 0.561 bits per heavy atom. The molecule has 0 spiro atoms. The summed E-state index contributed by atoms with van der Waals surface area (Å²) in [4.78, 5) is 0. The minimum Gasteiger partial charge on any atom is -0.491 e. The van der Waals surface area contributed by atoms with E-state index in [4.69, 9.17) is 14.2 Å². The smallest absolute Gasteiger partial charge is 0.127 e. The van der Waals surface area contributed by atoms with Crippen molar-refractivity contribution in [3.8, 4) is 44.9 Å². The summed E-state index contributed by atoms with van der Waals surface area (Å²) in [6, 6.07) is 31.6. The van der Waals surface area contributed by atoms with Crippen molar-refractivity contribution in [2.45, 2.75) is 51.9 Å². The van der Waals surface area contributed by atoms with Gasteiger partial charge in [-0.15, -0.1) is 0 Å². The maximum Gasteiger partial charge on any atom is 0.127 e. The molecule has 0 aromatic heterocycles. The average Bonchev–Trinajstić information content (AvgIpc) is 3.02. The molecule has 0 bridgehead atoms. The largest absolute Gasteiger partial charge is 0.491 e. The third-order valence-corrected chi connectivity index (χ3v) is 7.36. The van der Waals surface area contributed by atoms with Gasteiger partial charge in [0, 0.05) is 18.2 Å². The first kappa shape index (κ1) is 30.4. The first-order valence-electron chi connectivity index (χ1n) is 15.0. The van der Waals surface area contributed by atoms with E-state index >= 15 is 0 Å². The van der Waals surface area contributed by atoms with Crippen molar-refractivity contribution in [1.29, 1.82) is 0 Å². The molecule has 0 aliphatic rings. The van der Waals surface area contributed by atoms with Gasteiger partial charge in [0.15, 0.2) is 0 Å². The van der Waals surface area contributed by atoms with Crippen molar-refractivity contribution in [3.05, 3.63) is 96.6 Å². The summed E-state index contributed by atoms with van der Waals surface area (Å²) in [5.41, 5.74) is 7.87. The molecular weight excluding hydrogens is 508 g/mol. The van der Waals surface area contributed by atoms with Crippen LogP contribution in [0.15, 0.2) is 91.0 Å². The minimum absolute atomic E-state index is 0.0367. The molecule has 41 heavy (non-hydrogen) atoms. The van der Waals surface area contributed by atoms with Gasteiger partial charge in [0.25, 0.3) is 0 Å². The lowest BCUT2D eigenvalue weighted by molar-refractivity contribution is 0.146. The van der Waals surface area contributed by atoms with Gasteiger partial charge >= 0.3 is 0 Å². The molecule has 0 radical (unpaired) electrons. The second kappa shape index (κ2) is 16.6.